The van der Waals surface area contributed by atoms with E-state index < -0.39 is 0 Å². The molecule has 92 valence electrons. The lowest BCUT2D eigenvalue weighted by atomic mass is 10.2. The number of nitrogens with one attached hydrogen (secondary N) is 1. The molecule has 0 saturated carbocycles. The van der Waals surface area contributed by atoms with Crippen LogP contribution in [0.25, 0.3) is 0 Å². The van der Waals surface area contributed by atoms with Gasteiger partial charge in [0.05, 0.1) is 11.8 Å². The molecule has 1 N–H and O–H groups in total. The zero-order chi connectivity index (χ0) is 13.0. The van der Waals surface area contributed by atoms with Gasteiger partial charge in [-0.25, -0.2) is 5.43 Å². The molecule has 2 aromatic heterocycles. The number of aromatic nitrogens is 1. The van der Waals surface area contributed by atoms with Crippen LogP contribution in [-0.2, 0) is 0 Å². The van der Waals surface area contributed by atoms with Gasteiger partial charge >= 0.3 is 0 Å². The van der Waals surface area contributed by atoms with Crippen LogP contribution in [0, 0.1) is 13.8 Å². The third-order valence-corrected chi connectivity index (χ3v) is 3.63. The predicted molar refractivity (Wildman–Crippen MR) is 73.1 cm³/mol. The molecule has 0 bridgehead atoms. The smallest absolute Gasteiger partial charge is 0.267 e. The summed E-state index contributed by atoms with van der Waals surface area (Å²) in [6.07, 6.45) is 4.94. The van der Waals surface area contributed by atoms with Gasteiger partial charge in [0.1, 0.15) is 0 Å². The quantitative estimate of drug-likeness (QED) is 0.680. The number of hydrogen-bond donors (Lipinski definition) is 1. The third-order valence-electron chi connectivity index (χ3n) is 2.62. The van der Waals surface area contributed by atoms with Crippen molar-refractivity contribution in [3.05, 3.63) is 51.5 Å². The van der Waals surface area contributed by atoms with Crippen LogP contribution in [0.2, 0.25) is 0 Å². The van der Waals surface area contributed by atoms with Crippen molar-refractivity contribution in [2.45, 2.75) is 13.8 Å². The monoisotopic (exact) mass is 259 g/mol. The molecule has 5 heteroatoms. The van der Waals surface area contributed by atoms with Crippen LogP contribution >= 0.6 is 11.3 Å². The Morgan fingerprint density at radius 2 is 2.11 bits per heavy atom. The first-order valence-electron chi connectivity index (χ1n) is 5.46. The molecule has 0 saturated heterocycles. The van der Waals surface area contributed by atoms with Gasteiger partial charge in [-0.2, -0.15) is 5.10 Å². The van der Waals surface area contributed by atoms with Crippen molar-refractivity contribution in [1.82, 2.24) is 10.4 Å². The highest BCUT2D eigenvalue weighted by Gasteiger charge is 2.11. The van der Waals surface area contributed by atoms with E-state index in [1.165, 1.54) is 0 Å². The first kappa shape index (κ1) is 12.4. The molecule has 0 radical (unpaired) electrons. The molecule has 0 aromatic carbocycles. The Bertz CT molecular complexity index is 575. The zero-order valence-electron chi connectivity index (χ0n) is 10.2. The van der Waals surface area contributed by atoms with Crippen LogP contribution < -0.4 is 5.43 Å². The molecule has 4 nitrogen and oxygen atoms in total. The molecule has 0 atom stereocenters. The first-order chi connectivity index (χ1) is 8.68. The van der Waals surface area contributed by atoms with E-state index in [0.717, 1.165) is 16.0 Å². The second-order valence-corrected chi connectivity index (χ2v) is 4.89. The topological polar surface area (TPSA) is 54.4 Å². The van der Waals surface area contributed by atoms with Crippen molar-refractivity contribution in [1.29, 1.82) is 0 Å². The molecule has 0 fully saturated rings. The molecule has 2 rings (SSSR count). The van der Waals surface area contributed by atoms with E-state index in [9.17, 15) is 4.79 Å². The number of nitrogens with zero attached hydrogens (tertiary/aromatic N) is 2. The van der Waals surface area contributed by atoms with Crippen LogP contribution in [-0.4, -0.2) is 17.1 Å². The molecule has 2 heterocycles. The Balaban J connectivity index is 2.01. The van der Waals surface area contributed by atoms with Gasteiger partial charge in [-0.3, -0.25) is 9.78 Å². The summed E-state index contributed by atoms with van der Waals surface area (Å²) >= 11 is 1.57. The summed E-state index contributed by atoms with van der Waals surface area (Å²) in [4.78, 5) is 16.9. The molecule has 0 aliphatic heterocycles. The third kappa shape index (κ3) is 2.81. The summed E-state index contributed by atoms with van der Waals surface area (Å²) in [7, 11) is 0. The molecular formula is C13H13N3OS. The standard InChI is InChI=1S/C13H13N3OS/c1-9-10(2)18-8-12(9)13(17)16-15-7-11-3-5-14-6-4-11/h3-8H,1-2H3,(H,16,17)/b15-7+. The Hall–Kier alpha value is -2.01. The van der Waals surface area contributed by atoms with Gasteiger partial charge in [0.25, 0.3) is 5.91 Å². The van der Waals surface area contributed by atoms with Gasteiger partial charge in [-0.15, -0.1) is 11.3 Å². The second-order valence-electron chi connectivity index (χ2n) is 3.81. The van der Waals surface area contributed by atoms with E-state index in [4.69, 9.17) is 0 Å². The number of pyridine rings is 1. The Morgan fingerprint density at radius 1 is 1.39 bits per heavy atom. The van der Waals surface area contributed by atoms with Crippen molar-refractivity contribution in [3.8, 4) is 0 Å². The minimum Gasteiger partial charge on any atom is -0.267 e. The maximum absolute atomic E-state index is 11.8. The number of thiophene rings is 1. The van der Waals surface area contributed by atoms with E-state index >= 15 is 0 Å². The van der Waals surface area contributed by atoms with Crippen LogP contribution in [0.5, 0.6) is 0 Å². The minimum absolute atomic E-state index is 0.179. The van der Waals surface area contributed by atoms with Crippen LogP contribution in [0.4, 0.5) is 0 Å². The fourth-order valence-electron chi connectivity index (χ4n) is 1.41. The minimum atomic E-state index is -0.179. The van der Waals surface area contributed by atoms with Crippen molar-refractivity contribution < 1.29 is 4.79 Å². The van der Waals surface area contributed by atoms with Crippen molar-refractivity contribution in [2.24, 2.45) is 5.10 Å². The van der Waals surface area contributed by atoms with Gasteiger partial charge in [0.15, 0.2) is 0 Å². The Labute approximate surface area is 109 Å². The number of rotatable bonds is 3. The normalized spacial score (nSPS) is 10.8. The lowest BCUT2D eigenvalue weighted by Crippen LogP contribution is -2.17. The molecule has 0 aliphatic rings. The highest BCUT2D eigenvalue weighted by molar-refractivity contribution is 7.10. The SMILES string of the molecule is Cc1scc(C(=O)N/N=C/c2ccncc2)c1C. The highest BCUT2D eigenvalue weighted by atomic mass is 32.1. The molecule has 18 heavy (non-hydrogen) atoms. The summed E-state index contributed by atoms with van der Waals surface area (Å²) in [5.74, 6) is -0.179. The fourth-order valence-corrected chi connectivity index (χ4v) is 2.28. The maximum atomic E-state index is 11.8. The summed E-state index contributed by atoms with van der Waals surface area (Å²) in [6, 6.07) is 3.63. The summed E-state index contributed by atoms with van der Waals surface area (Å²) < 4.78 is 0. The largest absolute Gasteiger partial charge is 0.272 e. The Morgan fingerprint density at radius 3 is 2.72 bits per heavy atom. The van der Waals surface area contributed by atoms with E-state index in [0.29, 0.717) is 5.56 Å². The van der Waals surface area contributed by atoms with Crippen LogP contribution in [0.3, 0.4) is 0 Å². The zero-order valence-corrected chi connectivity index (χ0v) is 11.0. The van der Waals surface area contributed by atoms with E-state index in [1.807, 2.05) is 31.4 Å². The average molecular weight is 259 g/mol. The molecule has 0 unspecified atom stereocenters. The van der Waals surface area contributed by atoms with Gasteiger partial charge in [0, 0.05) is 22.7 Å². The number of hydrogen-bond acceptors (Lipinski definition) is 4. The van der Waals surface area contributed by atoms with E-state index in [2.05, 4.69) is 15.5 Å². The van der Waals surface area contributed by atoms with Gasteiger partial charge in [-0.1, -0.05) is 0 Å². The van der Waals surface area contributed by atoms with E-state index in [-0.39, 0.29) is 5.91 Å². The predicted octanol–water partition coefficient (Wildman–Crippen LogP) is 2.52. The summed E-state index contributed by atoms with van der Waals surface area (Å²) in [5, 5.41) is 5.77. The Kier molecular flexibility index (Phi) is 3.84. The fraction of sp³-hybridized carbons (Fsp3) is 0.154. The lowest BCUT2D eigenvalue weighted by Gasteiger charge is -1.98. The van der Waals surface area contributed by atoms with Crippen LogP contribution in [0.15, 0.2) is 35.0 Å². The summed E-state index contributed by atoms with van der Waals surface area (Å²) in [5.41, 5.74) is 5.11. The van der Waals surface area contributed by atoms with E-state index in [1.54, 1.807) is 29.9 Å². The number of hydrazone groups is 1. The van der Waals surface area contributed by atoms with Crippen LogP contribution in [0.1, 0.15) is 26.4 Å². The summed E-state index contributed by atoms with van der Waals surface area (Å²) in [6.45, 7) is 3.93. The average Bonchev–Trinajstić information content (AvgIpc) is 2.71. The number of carbonyl (C=O) groups excluding carboxylic acids is 1. The van der Waals surface area contributed by atoms with Crippen molar-refractivity contribution >= 4 is 23.5 Å². The molecule has 0 aliphatic carbocycles. The van der Waals surface area contributed by atoms with Gasteiger partial charge < -0.3 is 0 Å². The number of carbonyl (C=O) groups is 1. The van der Waals surface area contributed by atoms with Crippen molar-refractivity contribution in [2.75, 3.05) is 0 Å². The molecule has 0 spiro atoms. The molecular weight excluding hydrogens is 246 g/mol. The highest BCUT2D eigenvalue weighted by Crippen LogP contribution is 2.20. The molecule has 2 aromatic rings. The van der Waals surface area contributed by atoms with Gasteiger partial charge in [-0.05, 0) is 37.1 Å². The van der Waals surface area contributed by atoms with Crippen molar-refractivity contribution in [3.63, 3.8) is 0 Å². The maximum Gasteiger partial charge on any atom is 0.272 e. The second kappa shape index (κ2) is 5.55. The number of aryl methyl sites for hydroxylation is 1. The van der Waals surface area contributed by atoms with Gasteiger partial charge in [0.2, 0.25) is 0 Å². The lowest BCUT2D eigenvalue weighted by molar-refractivity contribution is 0.0955. The molecule has 1 amide bonds. The number of amides is 1. The first-order valence-corrected chi connectivity index (χ1v) is 6.34.